The van der Waals surface area contributed by atoms with E-state index in [-0.39, 0.29) is 17.6 Å². The normalized spacial score (nSPS) is 28.2. The second-order valence-electron chi connectivity index (χ2n) is 6.20. The molecule has 0 amide bonds. The molecule has 0 radical (unpaired) electrons. The van der Waals surface area contributed by atoms with E-state index in [2.05, 4.69) is 6.92 Å². The Morgan fingerprint density at radius 2 is 2.11 bits per heavy atom. The molecule has 1 saturated carbocycles. The van der Waals surface area contributed by atoms with Gasteiger partial charge >= 0.3 is 0 Å². The van der Waals surface area contributed by atoms with E-state index in [1.54, 1.807) is 7.11 Å². The van der Waals surface area contributed by atoms with Crippen molar-refractivity contribution in [1.29, 1.82) is 0 Å². The molecule has 0 aromatic carbocycles. The topological polar surface area (TPSA) is 35.5 Å². The minimum atomic E-state index is -0.200. The number of rotatable bonds is 5. The van der Waals surface area contributed by atoms with Crippen molar-refractivity contribution in [1.82, 2.24) is 0 Å². The van der Waals surface area contributed by atoms with Gasteiger partial charge in [-0.05, 0) is 32.1 Å². The Labute approximate surface area is 117 Å². The molecule has 2 rings (SSSR count). The molecule has 1 spiro atoms. The Bertz CT molecular complexity index is 289. The zero-order chi connectivity index (χ0) is 13.7. The molecule has 3 heteroatoms. The zero-order valence-electron chi connectivity index (χ0n) is 12.5. The first-order chi connectivity index (χ1) is 9.21. The molecule has 1 aliphatic carbocycles. The highest BCUT2D eigenvalue weighted by Crippen LogP contribution is 2.41. The standard InChI is InChI=1S/C16H28O3/c1-3-7-14(18-2)15(17)13-8-11-19-16(12-13)9-5-4-6-10-16/h13-14H,3-12H2,1-2H3. The summed E-state index contributed by atoms with van der Waals surface area (Å²) in [7, 11) is 1.66. The lowest BCUT2D eigenvalue weighted by Crippen LogP contribution is -2.45. The smallest absolute Gasteiger partial charge is 0.164 e. The predicted molar refractivity (Wildman–Crippen MR) is 75.2 cm³/mol. The van der Waals surface area contributed by atoms with Crippen LogP contribution in [0.15, 0.2) is 0 Å². The van der Waals surface area contributed by atoms with Crippen molar-refractivity contribution in [2.75, 3.05) is 13.7 Å². The fourth-order valence-corrected chi connectivity index (χ4v) is 3.72. The van der Waals surface area contributed by atoms with E-state index >= 15 is 0 Å². The average Bonchev–Trinajstić information content (AvgIpc) is 2.45. The molecule has 19 heavy (non-hydrogen) atoms. The maximum Gasteiger partial charge on any atom is 0.164 e. The molecule has 3 nitrogen and oxygen atoms in total. The average molecular weight is 268 g/mol. The number of hydrogen-bond donors (Lipinski definition) is 0. The molecular weight excluding hydrogens is 240 g/mol. The summed E-state index contributed by atoms with van der Waals surface area (Å²) in [4.78, 5) is 12.6. The van der Waals surface area contributed by atoms with Crippen LogP contribution in [-0.4, -0.2) is 31.2 Å². The highest BCUT2D eigenvalue weighted by atomic mass is 16.5. The quantitative estimate of drug-likeness (QED) is 0.765. The molecule has 1 aliphatic heterocycles. The van der Waals surface area contributed by atoms with E-state index in [1.165, 1.54) is 19.3 Å². The third kappa shape index (κ3) is 3.57. The molecule has 1 saturated heterocycles. The van der Waals surface area contributed by atoms with Crippen molar-refractivity contribution < 1.29 is 14.3 Å². The molecule has 110 valence electrons. The van der Waals surface area contributed by atoms with Gasteiger partial charge in [0, 0.05) is 19.6 Å². The van der Waals surface area contributed by atoms with Crippen LogP contribution in [0.2, 0.25) is 0 Å². The fourth-order valence-electron chi connectivity index (χ4n) is 3.72. The maximum absolute atomic E-state index is 12.6. The van der Waals surface area contributed by atoms with Crippen molar-refractivity contribution >= 4 is 5.78 Å². The Balaban J connectivity index is 1.97. The summed E-state index contributed by atoms with van der Waals surface area (Å²) >= 11 is 0. The first kappa shape index (κ1) is 15.0. The molecule has 0 aromatic rings. The first-order valence-corrected chi connectivity index (χ1v) is 7.91. The highest BCUT2D eigenvalue weighted by Gasteiger charge is 2.41. The van der Waals surface area contributed by atoms with E-state index in [0.717, 1.165) is 45.1 Å². The number of methoxy groups -OCH3 is 1. The predicted octanol–water partition coefficient (Wildman–Crippen LogP) is 3.50. The second-order valence-corrected chi connectivity index (χ2v) is 6.20. The van der Waals surface area contributed by atoms with Crippen molar-refractivity contribution in [3.8, 4) is 0 Å². The Hall–Kier alpha value is -0.410. The summed E-state index contributed by atoms with van der Waals surface area (Å²) in [6, 6.07) is 0. The van der Waals surface area contributed by atoms with Crippen LogP contribution in [0.5, 0.6) is 0 Å². The van der Waals surface area contributed by atoms with E-state index < -0.39 is 0 Å². The summed E-state index contributed by atoms with van der Waals surface area (Å²) in [5.41, 5.74) is 0.0152. The van der Waals surface area contributed by atoms with E-state index in [9.17, 15) is 4.79 Å². The molecular formula is C16H28O3. The van der Waals surface area contributed by atoms with Crippen LogP contribution in [0, 0.1) is 5.92 Å². The molecule has 1 heterocycles. The Morgan fingerprint density at radius 1 is 1.37 bits per heavy atom. The fraction of sp³-hybridized carbons (Fsp3) is 0.938. The van der Waals surface area contributed by atoms with Gasteiger partial charge in [0.15, 0.2) is 5.78 Å². The lowest BCUT2D eigenvalue weighted by molar-refractivity contribution is -0.151. The number of Topliss-reactive ketones (excluding diaryl/α,β-unsaturated/α-hetero) is 1. The maximum atomic E-state index is 12.6. The van der Waals surface area contributed by atoms with E-state index in [4.69, 9.17) is 9.47 Å². The molecule has 0 aromatic heterocycles. The summed E-state index contributed by atoms with van der Waals surface area (Å²) in [5, 5.41) is 0. The van der Waals surface area contributed by atoms with Gasteiger partial charge in [0.1, 0.15) is 6.10 Å². The van der Waals surface area contributed by atoms with Gasteiger partial charge < -0.3 is 9.47 Å². The number of hydrogen-bond acceptors (Lipinski definition) is 3. The van der Waals surface area contributed by atoms with Crippen molar-refractivity contribution in [3.05, 3.63) is 0 Å². The van der Waals surface area contributed by atoms with Crippen molar-refractivity contribution in [2.45, 2.75) is 76.4 Å². The Kier molecular flexibility index (Phi) is 5.40. The van der Waals surface area contributed by atoms with Gasteiger partial charge in [-0.25, -0.2) is 0 Å². The molecule has 2 unspecified atom stereocenters. The first-order valence-electron chi connectivity index (χ1n) is 7.91. The molecule has 0 N–H and O–H groups in total. The van der Waals surface area contributed by atoms with Crippen LogP contribution >= 0.6 is 0 Å². The Morgan fingerprint density at radius 3 is 2.74 bits per heavy atom. The minimum Gasteiger partial charge on any atom is -0.375 e. The zero-order valence-corrected chi connectivity index (χ0v) is 12.5. The second kappa shape index (κ2) is 6.85. The number of ether oxygens (including phenoxy) is 2. The van der Waals surface area contributed by atoms with Crippen LogP contribution in [0.4, 0.5) is 0 Å². The molecule has 0 bridgehead atoms. The third-order valence-corrected chi connectivity index (χ3v) is 4.81. The van der Waals surface area contributed by atoms with Gasteiger partial charge in [-0.2, -0.15) is 0 Å². The minimum absolute atomic E-state index is 0.0152. The van der Waals surface area contributed by atoms with Crippen LogP contribution in [-0.2, 0) is 14.3 Å². The third-order valence-electron chi connectivity index (χ3n) is 4.81. The van der Waals surface area contributed by atoms with Gasteiger partial charge in [0.25, 0.3) is 0 Å². The van der Waals surface area contributed by atoms with Gasteiger partial charge in [-0.15, -0.1) is 0 Å². The van der Waals surface area contributed by atoms with Crippen LogP contribution in [0.1, 0.15) is 64.7 Å². The molecule has 2 fully saturated rings. The van der Waals surface area contributed by atoms with Crippen molar-refractivity contribution in [3.63, 3.8) is 0 Å². The number of carbonyl (C=O) groups is 1. The van der Waals surface area contributed by atoms with Crippen LogP contribution < -0.4 is 0 Å². The van der Waals surface area contributed by atoms with E-state index in [1.807, 2.05) is 0 Å². The van der Waals surface area contributed by atoms with Gasteiger partial charge in [0.05, 0.1) is 5.60 Å². The van der Waals surface area contributed by atoms with Crippen LogP contribution in [0.3, 0.4) is 0 Å². The largest absolute Gasteiger partial charge is 0.375 e. The molecule has 2 aliphatic rings. The SMILES string of the molecule is CCCC(OC)C(=O)C1CCOC2(CCCCC2)C1. The summed E-state index contributed by atoms with van der Waals surface area (Å²) < 4.78 is 11.5. The summed E-state index contributed by atoms with van der Waals surface area (Å²) in [5.74, 6) is 0.473. The number of carbonyl (C=O) groups excluding carboxylic acids is 1. The number of ketones is 1. The van der Waals surface area contributed by atoms with Crippen molar-refractivity contribution in [2.24, 2.45) is 5.92 Å². The lowest BCUT2D eigenvalue weighted by atomic mass is 9.74. The summed E-state index contributed by atoms with van der Waals surface area (Å²) in [6.07, 6.45) is 9.56. The summed E-state index contributed by atoms with van der Waals surface area (Å²) in [6.45, 7) is 2.85. The van der Waals surface area contributed by atoms with Gasteiger partial charge in [-0.3, -0.25) is 4.79 Å². The highest BCUT2D eigenvalue weighted by molar-refractivity contribution is 5.85. The lowest BCUT2D eigenvalue weighted by Gasteiger charge is -2.43. The monoisotopic (exact) mass is 268 g/mol. The van der Waals surface area contributed by atoms with Gasteiger partial charge in [-0.1, -0.05) is 32.6 Å². The van der Waals surface area contributed by atoms with E-state index in [0.29, 0.717) is 5.78 Å². The molecule has 2 atom stereocenters. The van der Waals surface area contributed by atoms with Gasteiger partial charge in [0.2, 0.25) is 0 Å². The van der Waals surface area contributed by atoms with Crippen LogP contribution in [0.25, 0.3) is 0 Å².